The van der Waals surface area contributed by atoms with Gasteiger partial charge in [-0.05, 0) is 33.1 Å². The molecule has 4 heterocycles. The quantitative estimate of drug-likeness (QED) is 0.846. The van der Waals surface area contributed by atoms with Crippen LogP contribution in [0.3, 0.4) is 0 Å². The maximum absolute atomic E-state index is 12.7. The third-order valence-corrected chi connectivity index (χ3v) is 5.55. The first-order valence-corrected chi connectivity index (χ1v) is 10.1. The highest BCUT2D eigenvalue weighted by Gasteiger charge is 2.36. The lowest BCUT2D eigenvalue weighted by molar-refractivity contribution is -0.126. The standard InChI is InChI=1S/C20H29N5O2/c1-14(2)25-12-15(11-22-25)19-17(7-10-27-19)20(26)21-8-6-16-13-24-9-4-3-5-18(24)23-16/h11-14,17,19H,3-10H2,1-2H3,(H,21,26)/t17-,19+/m0/s1. The van der Waals surface area contributed by atoms with E-state index in [-0.39, 0.29) is 17.9 Å². The maximum atomic E-state index is 12.7. The molecule has 2 aliphatic rings. The normalized spacial score (nSPS) is 22.2. The smallest absolute Gasteiger partial charge is 0.226 e. The molecule has 1 fully saturated rings. The predicted molar refractivity (Wildman–Crippen MR) is 101 cm³/mol. The van der Waals surface area contributed by atoms with Gasteiger partial charge in [0.15, 0.2) is 0 Å². The number of rotatable bonds is 6. The van der Waals surface area contributed by atoms with Crippen molar-refractivity contribution < 1.29 is 9.53 Å². The van der Waals surface area contributed by atoms with E-state index in [0.29, 0.717) is 19.2 Å². The molecule has 1 saturated heterocycles. The highest BCUT2D eigenvalue weighted by molar-refractivity contribution is 5.79. The average molecular weight is 371 g/mol. The topological polar surface area (TPSA) is 74.0 Å². The van der Waals surface area contributed by atoms with E-state index in [9.17, 15) is 4.79 Å². The summed E-state index contributed by atoms with van der Waals surface area (Å²) in [5.41, 5.74) is 2.06. The van der Waals surface area contributed by atoms with E-state index in [1.54, 1.807) is 0 Å². The number of hydrogen-bond acceptors (Lipinski definition) is 4. The number of ether oxygens (including phenoxy) is 1. The molecule has 0 bridgehead atoms. The molecule has 2 aliphatic heterocycles. The fourth-order valence-electron chi connectivity index (χ4n) is 4.01. The molecule has 4 rings (SSSR count). The minimum atomic E-state index is -0.197. The first kappa shape index (κ1) is 18.2. The number of nitrogens with zero attached hydrogens (tertiary/aromatic N) is 4. The molecule has 0 saturated carbocycles. The van der Waals surface area contributed by atoms with Crippen LogP contribution in [-0.2, 0) is 28.9 Å². The van der Waals surface area contributed by atoms with E-state index < -0.39 is 0 Å². The number of carbonyl (C=O) groups is 1. The number of imidazole rings is 1. The molecule has 0 aliphatic carbocycles. The van der Waals surface area contributed by atoms with Crippen LogP contribution in [0.4, 0.5) is 0 Å². The summed E-state index contributed by atoms with van der Waals surface area (Å²) in [5, 5.41) is 7.47. The highest BCUT2D eigenvalue weighted by Crippen LogP contribution is 2.34. The Labute approximate surface area is 160 Å². The average Bonchev–Trinajstić information content (AvgIpc) is 3.38. The molecule has 27 heavy (non-hydrogen) atoms. The summed E-state index contributed by atoms with van der Waals surface area (Å²) in [6.45, 7) is 6.47. The monoisotopic (exact) mass is 371 g/mol. The number of amides is 1. The lowest BCUT2D eigenvalue weighted by Gasteiger charge is -2.17. The summed E-state index contributed by atoms with van der Waals surface area (Å²) in [4.78, 5) is 17.4. The lowest BCUT2D eigenvalue weighted by atomic mass is 9.96. The molecule has 2 aromatic heterocycles. The first-order chi connectivity index (χ1) is 13.1. The van der Waals surface area contributed by atoms with E-state index >= 15 is 0 Å². The first-order valence-electron chi connectivity index (χ1n) is 10.1. The summed E-state index contributed by atoms with van der Waals surface area (Å²) >= 11 is 0. The molecule has 0 radical (unpaired) electrons. The zero-order valence-electron chi connectivity index (χ0n) is 16.2. The van der Waals surface area contributed by atoms with Crippen LogP contribution < -0.4 is 5.32 Å². The molecule has 2 atom stereocenters. The van der Waals surface area contributed by atoms with E-state index in [4.69, 9.17) is 9.72 Å². The van der Waals surface area contributed by atoms with Gasteiger partial charge in [-0.25, -0.2) is 4.98 Å². The van der Waals surface area contributed by atoms with Crippen LogP contribution >= 0.6 is 0 Å². The molecule has 1 N–H and O–H groups in total. The van der Waals surface area contributed by atoms with Crippen molar-refractivity contribution in [1.29, 1.82) is 0 Å². The third kappa shape index (κ3) is 3.93. The van der Waals surface area contributed by atoms with Gasteiger partial charge in [-0.3, -0.25) is 9.48 Å². The van der Waals surface area contributed by atoms with Crippen LogP contribution in [0.2, 0.25) is 0 Å². The van der Waals surface area contributed by atoms with Crippen molar-refractivity contribution in [2.24, 2.45) is 5.92 Å². The molecule has 1 amide bonds. The molecule has 0 aromatic carbocycles. The van der Waals surface area contributed by atoms with Gasteiger partial charge in [0, 0.05) is 56.5 Å². The number of hydrogen-bond donors (Lipinski definition) is 1. The van der Waals surface area contributed by atoms with Crippen LogP contribution in [0.1, 0.15) is 62.3 Å². The molecule has 146 valence electrons. The van der Waals surface area contributed by atoms with Gasteiger partial charge < -0.3 is 14.6 Å². The third-order valence-electron chi connectivity index (χ3n) is 5.55. The predicted octanol–water partition coefficient (Wildman–Crippen LogP) is 2.43. The summed E-state index contributed by atoms with van der Waals surface area (Å²) in [6, 6.07) is 0.299. The second kappa shape index (κ2) is 7.84. The number of nitrogens with one attached hydrogen (secondary N) is 1. The zero-order chi connectivity index (χ0) is 18.8. The Morgan fingerprint density at radius 3 is 3.04 bits per heavy atom. The van der Waals surface area contributed by atoms with E-state index in [0.717, 1.165) is 37.1 Å². The Hall–Kier alpha value is -2.15. The number of fused-ring (bicyclic) bond motifs is 1. The lowest BCUT2D eigenvalue weighted by Crippen LogP contribution is -2.33. The van der Waals surface area contributed by atoms with Crippen molar-refractivity contribution in [1.82, 2.24) is 24.6 Å². The van der Waals surface area contributed by atoms with E-state index in [1.807, 2.05) is 17.1 Å². The molecule has 2 aromatic rings. The fraction of sp³-hybridized carbons (Fsp3) is 0.650. The van der Waals surface area contributed by atoms with E-state index in [2.05, 4.69) is 35.0 Å². The second-order valence-electron chi connectivity index (χ2n) is 7.87. The summed E-state index contributed by atoms with van der Waals surface area (Å²) in [7, 11) is 0. The molecular formula is C20H29N5O2. The fourth-order valence-corrected chi connectivity index (χ4v) is 4.01. The second-order valence-corrected chi connectivity index (χ2v) is 7.87. The molecule has 7 heteroatoms. The van der Waals surface area contributed by atoms with Gasteiger partial charge in [-0.1, -0.05) is 0 Å². The highest BCUT2D eigenvalue weighted by atomic mass is 16.5. The molecular weight excluding hydrogens is 342 g/mol. The van der Waals surface area contributed by atoms with Gasteiger partial charge in [0.25, 0.3) is 0 Å². The summed E-state index contributed by atoms with van der Waals surface area (Å²) in [6.07, 6.45) is 10.8. The summed E-state index contributed by atoms with van der Waals surface area (Å²) in [5.74, 6) is 1.11. The minimum Gasteiger partial charge on any atom is -0.373 e. The zero-order valence-corrected chi connectivity index (χ0v) is 16.2. The van der Waals surface area contributed by atoms with Crippen molar-refractivity contribution in [3.63, 3.8) is 0 Å². The Bertz CT molecular complexity index is 771. The summed E-state index contributed by atoms with van der Waals surface area (Å²) < 4.78 is 10.0. The SMILES string of the molecule is CC(C)n1cc([C@H]2OCC[C@@H]2C(=O)NCCc2cn3c(n2)CCCC3)cn1. The largest absolute Gasteiger partial charge is 0.373 e. The number of aromatic nitrogens is 4. The van der Waals surface area contributed by atoms with Gasteiger partial charge in [0.1, 0.15) is 5.82 Å². The van der Waals surface area contributed by atoms with Gasteiger partial charge in [0.2, 0.25) is 5.91 Å². The molecule has 7 nitrogen and oxygen atoms in total. The van der Waals surface area contributed by atoms with Gasteiger partial charge in [-0.15, -0.1) is 0 Å². The van der Waals surface area contributed by atoms with Crippen molar-refractivity contribution in [3.05, 3.63) is 35.7 Å². The Morgan fingerprint density at radius 2 is 2.26 bits per heavy atom. The maximum Gasteiger partial charge on any atom is 0.226 e. The van der Waals surface area contributed by atoms with E-state index in [1.165, 1.54) is 18.7 Å². The Kier molecular flexibility index (Phi) is 5.29. The molecule has 0 unspecified atom stereocenters. The van der Waals surface area contributed by atoms with Crippen LogP contribution in [0, 0.1) is 5.92 Å². The van der Waals surface area contributed by atoms with Gasteiger partial charge in [-0.2, -0.15) is 5.10 Å². The van der Waals surface area contributed by atoms with Gasteiger partial charge in [0.05, 0.1) is 23.9 Å². The van der Waals surface area contributed by atoms with Crippen LogP contribution in [-0.4, -0.2) is 38.4 Å². The van der Waals surface area contributed by atoms with Crippen LogP contribution in [0.25, 0.3) is 0 Å². The number of carbonyl (C=O) groups excluding carboxylic acids is 1. The van der Waals surface area contributed by atoms with Crippen molar-refractivity contribution in [2.75, 3.05) is 13.2 Å². The molecule has 0 spiro atoms. The van der Waals surface area contributed by atoms with Crippen LogP contribution in [0.5, 0.6) is 0 Å². The Morgan fingerprint density at radius 1 is 1.37 bits per heavy atom. The van der Waals surface area contributed by atoms with Gasteiger partial charge >= 0.3 is 0 Å². The van der Waals surface area contributed by atoms with Crippen LogP contribution in [0.15, 0.2) is 18.6 Å². The van der Waals surface area contributed by atoms with Crippen molar-refractivity contribution in [3.8, 4) is 0 Å². The minimum absolute atomic E-state index is 0.0683. The van der Waals surface area contributed by atoms with Crippen molar-refractivity contribution in [2.45, 2.75) is 64.6 Å². The van der Waals surface area contributed by atoms with Crippen molar-refractivity contribution >= 4 is 5.91 Å². The Balaban J connectivity index is 1.32. The number of aryl methyl sites for hydroxylation is 2.